The van der Waals surface area contributed by atoms with Crippen molar-refractivity contribution in [2.75, 3.05) is 0 Å². The van der Waals surface area contributed by atoms with Gasteiger partial charge in [-0.25, -0.2) is 0 Å². The molecule has 1 heterocycles. The van der Waals surface area contributed by atoms with Gasteiger partial charge in [0.05, 0.1) is 4.63 Å². The van der Waals surface area contributed by atoms with E-state index in [9.17, 15) is 9.90 Å². The first-order valence-electron chi connectivity index (χ1n) is 6.05. The average Bonchev–Trinajstić information content (AvgIpc) is 2.70. The molecule has 0 amide bonds. The maximum Gasteiger partial charge on any atom is 0.161 e. The molecule has 1 aromatic heterocycles. The fourth-order valence-electron chi connectivity index (χ4n) is 2.08. The standard InChI is InChI=1S/C12H19NO2SSi/c1-17(2,3)12-13-7-11(16-12)8-4-5-9(14)10(15)6-8/h7-8,10,15H,4-6H2,1-3H3. The van der Waals surface area contributed by atoms with Crippen molar-refractivity contribution in [1.29, 1.82) is 0 Å². The Hall–Kier alpha value is -0.523. The van der Waals surface area contributed by atoms with Crippen molar-refractivity contribution >= 4 is 29.8 Å². The van der Waals surface area contributed by atoms with Crippen LogP contribution in [0, 0.1) is 0 Å². The molecular formula is C12H19NO2SSi. The molecule has 1 N–H and O–H groups in total. The van der Waals surface area contributed by atoms with E-state index in [4.69, 9.17) is 0 Å². The van der Waals surface area contributed by atoms with Gasteiger partial charge in [0.25, 0.3) is 0 Å². The normalized spacial score (nSPS) is 26.2. The van der Waals surface area contributed by atoms with E-state index in [-0.39, 0.29) is 5.78 Å². The average molecular weight is 269 g/mol. The second-order valence-electron chi connectivity index (χ2n) is 5.77. The van der Waals surface area contributed by atoms with Gasteiger partial charge in [-0.05, 0) is 18.8 Å². The minimum atomic E-state index is -1.33. The lowest BCUT2D eigenvalue weighted by molar-refractivity contribution is -0.129. The van der Waals surface area contributed by atoms with Crippen molar-refractivity contribution in [3.05, 3.63) is 11.1 Å². The van der Waals surface area contributed by atoms with E-state index in [0.717, 1.165) is 6.42 Å². The van der Waals surface area contributed by atoms with Crippen LogP contribution in [0.3, 0.4) is 0 Å². The van der Waals surface area contributed by atoms with E-state index in [0.29, 0.717) is 18.8 Å². The van der Waals surface area contributed by atoms with Gasteiger partial charge in [0, 0.05) is 17.5 Å². The SMILES string of the molecule is C[Si](C)(C)c1ncc(C2CCC(=O)C(O)C2)s1. The molecule has 0 radical (unpaired) electrons. The highest BCUT2D eigenvalue weighted by Crippen LogP contribution is 2.33. The molecule has 17 heavy (non-hydrogen) atoms. The van der Waals surface area contributed by atoms with Gasteiger partial charge >= 0.3 is 0 Å². The minimum absolute atomic E-state index is 0.00353. The largest absolute Gasteiger partial charge is 0.385 e. The third kappa shape index (κ3) is 2.84. The number of nitrogens with zero attached hydrogens (tertiary/aromatic N) is 1. The number of ketones is 1. The Morgan fingerprint density at radius 1 is 1.47 bits per heavy atom. The van der Waals surface area contributed by atoms with Crippen LogP contribution in [0.5, 0.6) is 0 Å². The number of aromatic nitrogens is 1. The molecule has 5 heteroatoms. The summed E-state index contributed by atoms with van der Waals surface area (Å²) in [5.41, 5.74) is 0. The maximum absolute atomic E-state index is 11.3. The van der Waals surface area contributed by atoms with Gasteiger partial charge in [-0.3, -0.25) is 9.78 Å². The van der Waals surface area contributed by atoms with Gasteiger partial charge in [0.15, 0.2) is 5.78 Å². The molecule has 0 aliphatic heterocycles. The highest BCUT2D eigenvalue weighted by molar-refractivity contribution is 7.25. The lowest BCUT2D eigenvalue weighted by atomic mass is 9.86. The van der Waals surface area contributed by atoms with E-state index in [1.54, 1.807) is 11.3 Å². The summed E-state index contributed by atoms with van der Waals surface area (Å²) < 4.78 is 1.26. The van der Waals surface area contributed by atoms with Crippen LogP contribution in [0.1, 0.15) is 30.1 Å². The molecule has 0 aromatic carbocycles. The van der Waals surface area contributed by atoms with E-state index in [2.05, 4.69) is 24.6 Å². The summed E-state index contributed by atoms with van der Waals surface area (Å²) in [5, 5.41) is 9.62. The fraction of sp³-hybridized carbons (Fsp3) is 0.667. The van der Waals surface area contributed by atoms with Crippen LogP contribution in [-0.2, 0) is 4.79 Å². The van der Waals surface area contributed by atoms with Crippen molar-refractivity contribution in [3.63, 3.8) is 0 Å². The Balaban J connectivity index is 2.13. The second kappa shape index (κ2) is 4.63. The van der Waals surface area contributed by atoms with Crippen LogP contribution in [0.25, 0.3) is 0 Å². The number of hydrogen-bond acceptors (Lipinski definition) is 4. The van der Waals surface area contributed by atoms with Crippen LogP contribution in [0.4, 0.5) is 0 Å². The quantitative estimate of drug-likeness (QED) is 0.834. The highest BCUT2D eigenvalue weighted by atomic mass is 32.1. The molecule has 1 aliphatic carbocycles. The lowest BCUT2D eigenvalue weighted by Gasteiger charge is -2.23. The molecule has 1 saturated carbocycles. The van der Waals surface area contributed by atoms with Gasteiger partial charge in [-0.15, -0.1) is 11.3 Å². The van der Waals surface area contributed by atoms with Crippen LogP contribution in [-0.4, -0.2) is 30.1 Å². The molecule has 0 bridgehead atoms. The summed E-state index contributed by atoms with van der Waals surface area (Å²) >= 11 is 1.78. The van der Waals surface area contributed by atoms with Crippen molar-refractivity contribution in [1.82, 2.24) is 4.98 Å². The topological polar surface area (TPSA) is 50.2 Å². The summed E-state index contributed by atoms with van der Waals surface area (Å²) in [6.07, 6.45) is 3.14. The number of carbonyl (C=O) groups excluding carboxylic acids is 1. The Bertz CT molecular complexity index is 424. The molecule has 1 aliphatic rings. The van der Waals surface area contributed by atoms with E-state index in [1.165, 1.54) is 9.51 Å². The number of Topliss-reactive ketones (excluding diaryl/α,β-unsaturated/α-hetero) is 1. The molecule has 94 valence electrons. The zero-order valence-corrected chi connectivity index (χ0v) is 12.4. The lowest BCUT2D eigenvalue weighted by Crippen LogP contribution is -2.37. The van der Waals surface area contributed by atoms with E-state index < -0.39 is 14.2 Å². The first-order chi connectivity index (χ1) is 7.88. The van der Waals surface area contributed by atoms with Crippen molar-refractivity contribution < 1.29 is 9.90 Å². The molecule has 2 atom stereocenters. The van der Waals surface area contributed by atoms with Crippen molar-refractivity contribution in [2.24, 2.45) is 0 Å². The molecule has 0 spiro atoms. The van der Waals surface area contributed by atoms with Crippen LogP contribution in [0.2, 0.25) is 19.6 Å². The fourth-order valence-corrected chi connectivity index (χ4v) is 4.93. The first-order valence-corrected chi connectivity index (χ1v) is 10.4. The molecular weight excluding hydrogens is 250 g/mol. The Kier molecular flexibility index (Phi) is 3.52. The predicted octanol–water partition coefficient (Wildman–Crippen LogP) is 1.89. The van der Waals surface area contributed by atoms with Gasteiger partial charge in [0.2, 0.25) is 0 Å². The number of aliphatic hydroxyl groups is 1. The van der Waals surface area contributed by atoms with Crippen LogP contribution >= 0.6 is 11.3 Å². The summed E-state index contributed by atoms with van der Waals surface area (Å²) in [7, 11) is -1.33. The first kappa shape index (κ1) is 12.9. The highest BCUT2D eigenvalue weighted by Gasteiger charge is 2.30. The number of thiazole rings is 1. The molecule has 2 unspecified atom stereocenters. The van der Waals surface area contributed by atoms with Gasteiger partial charge in [-0.1, -0.05) is 19.6 Å². The minimum Gasteiger partial charge on any atom is -0.385 e. The van der Waals surface area contributed by atoms with E-state index in [1.807, 2.05) is 6.20 Å². The molecule has 0 saturated heterocycles. The van der Waals surface area contributed by atoms with Crippen molar-refractivity contribution in [3.8, 4) is 0 Å². The Morgan fingerprint density at radius 3 is 2.71 bits per heavy atom. The molecule has 3 nitrogen and oxygen atoms in total. The smallest absolute Gasteiger partial charge is 0.161 e. The summed E-state index contributed by atoms with van der Waals surface area (Å²) in [6, 6.07) is 0. The second-order valence-corrected chi connectivity index (χ2v) is 12.2. The third-order valence-electron chi connectivity index (χ3n) is 3.19. The molecule has 1 fully saturated rings. The number of carbonyl (C=O) groups is 1. The number of hydrogen-bond donors (Lipinski definition) is 1. The third-order valence-corrected chi connectivity index (χ3v) is 7.71. The van der Waals surface area contributed by atoms with Gasteiger partial charge < -0.3 is 5.11 Å². The monoisotopic (exact) mass is 269 g/mol. The van der Waals surface area contributed by atoms with Gasteiger partial charge in [0.1, 0.15) is 14.2 Å². The number of aliphatic hydroxyl groups excluding tert-OH is 1. The number of rotatable bonds is 2. The Labute approximate surface area is 107 Å². The van der Waals surface area contributed by atoms with Crippen molar-refractivity contribution in [2.45, 2.75) is 50.9 Å². The summed E-state index contributed by atoms with van der Waals surface area (Å²) in [5.74, 6) is 0.321. The maximum atomic E-state index is 11.3. The predicted molar refractivity (Wildman–Crippen MR) is 72.7 cm³/mol. The summed E-state index contributed by atoms with van der Waals surface area (Å²) in [4.78, 5) is 17.0. The zero-order valence-electron chi connectivity index (χ0n) is 10.6. The molecule has 1 aromatic rings. The van der Waals surface area contributed by atoms with Gasteiger partial charge in [-0.2, -0.15) is 0 Å². The zero-order chi connectivity index (χ0) is 12.6. The Morgan fingerprint density at radius 2 is 2.18 bits per heavy atom. The van der Waals surface area contributed by atoms with Crippen LogP contribution in [0.15, 0.2) is 6.20 Å². The van der Waals surface area contributed by atoms with Crippen LogP contribution < -0.4 is 4.63 Å². The molecule has 2 rings (SSSR count). The van der Waals surface area contributed by atoms with E-state index >= 15 is 0 Å². The summed E-state index contributed by atoms with van der Waals surface area (Å²) in [6.45, 7) is 6.86.